The molecule has 0 heterocycles. The lowest BCUT2D eigenvalue weighted by molar-refractivity contribution is -0.153. The van der Waals surface area contributed by atoms with Crippen LogP contribution in [0.4, 0.5) is 4.79 Å². The molecule has 0 radical (unpaired) electrons. The van der Waals surface area contributed by atoms with Crippen LogP contribution in [0.2, 0.25) is 0 Å². The van der Waals surface area contributed by atoms with Crippen LogP contribution in [-0.2, 0) is 39.9 Å². The van der Waals surface area contributed by atoms with Crippen molar-refractivity contribution in [1.82, 2.24) is 26.6 Å². The molecule has 3 aromatic carbocycles. The Balaban J connectivity index is 1.03. The van der Waals surface area contributed by atoms with E-state index in [-0.39, 0.29) is 31.6 Å². The number of ether oxygens (including phenoxy) is 2. The van der Waals surface area contributed by atoms with E-state index in [9.17, 15) is 33.9 Å². The third kappa shape index (κ3) is 9.89. The summed E-state index contributed by atoms with van der Waals surface area (Å²) in [7, 11) is 0. The second-order valence-electron chi connectivity index (χ2n) is 12.0. The molecule has 14 nitrogen and oxygen atoms in total. The predicted octanol–water partition coefficient (Wildman–Crippen LogP) is 1.44. The van der Waals surface area contributed by atoms with Gasteiger partial charge in [-0.05, 0) is 46.6 Å². The molecule has 0 spiro atoms. The molecular weight excluding hydrogens is 646 g/mol. The molecular formula is C36H39N5O9. The van der Waals surface area contributed by atoms with E-state index in [2.05, 4.69) is 26.6 Å². The number of carboxylic acid groups (broad SMARTS) is 1. The van der Waals surface area contributed by atoms with E-state index < -0.39 is 67.5 Å². The average Bonchev–Trinajstić information content (AvgIpc) is 3.91. The zero-order valence-corrected chi connectivity index (χ0v) is 27.2. The summed E-state index contributed by atoms with van der Waals surface area (Å²) < 4.78 is 10.7. The summed E-state index contributed by atoms with van der Waals surface area (Å²) in [6.45, 7) is -1.61. The minimum absolute atomic E-state index is 0.0752. The van der Waals surface area contributed by atoms with Gasteiger partial charge in [-0.1, -0.05) is 78.9 Å². The minimum Gasteiger partial charge on any atom is -0.479 e. The summed E-state index contributed by atoms with van der Waals surface area (Å²) in [5, 5.41) is 21.4. The van der Waals surface area contributed by atoms with Gasteiger partial charge < -0.3 is 41.2 Å². The van der Waals surface area contributed by atoms with Crippen molar-refractivity contribution in [2.75, 3.05) is 33.0 Å². The van der Waals surface area contributed by atoms with Crippen molar-refractivity contribution in [3.05, 3.63) is 95.6 Å². The van der Waals surface area contributed by atoms with Gasteiger partial charge in [0, 0.05) is 12.3 Å². The van der Waals surface area contributed by atoms with Crippen molar-refractivity contribution in [2.45, 2.75) is 37.3 Å². The molecule has 0 aromatic heterocycles. The van der Waals surface area contributed by atoms with Gasteiger partial charge in [0.2, 0.25) is 23.6 Å². The summed E-state index contributed by atoms with van der Waals surface area (Å²) in [4.78, 5) is 74.1. The molecule has 6 N–H and O–H groups in total. The SMILES string of the molecule is O=C(CNC(=O)OCC1c2ccccc2-c2ccccc21)NCC(=O)N[C@@H](Cc1ccccc1)C(=O)NCC(=O)NCO[C@H](C(=O)O)C1CC1. The number of benzene rings is 3. The monoisotopic (exact) mass is 685 g/mol. The first-order valence-corrected chi connectivity index (χ1v) is 16.3. The maximum Gasteiger partial charge on any atom is 0.407 e. The van der Waals surface area contributed by atoms with Crippen LogP contribution in [0.15, 0.2) is 78.9 Å². The highest BCUT2D eigenvalue weighted by Gasteiger charge is 2.37. The Kier molecular flexibility index (Phi) is 12.1. The quantitative estimate of drug-likeness (QED) is 0.114. The van der Waals surface area contributed by atoms with Crippen molar-refractivity contribution >= 4 is 35.7 Å². The van der Waals surface area contributed by atoms with E-state index in [1.54, 1.807) is 30.3 Å². The lowest BCUT2D eigenvalue weighted by Crippen LogP contribution is -2.52. The summed E-state index contributed by atoms with van der Waals surface area (Å²) in [5.41, 5.74) is 5.02. The number of carbonyl (C=O) groups is 6. The molecule has 5 amide bonds. The lowest BCUT2D eigenvalue weighted by atomic mass is 9.98. The highest BCUT2D eigenvalue weighted by atomic mass is 16.5. The summed E-state index contributed by atoms with van der Waals surface area (Å²) in [6, 6.07) is 23.6. The molecule has 5 rings (SSSR count). The molecule has 2 atom stereocenters. The van der Waals surface area contributed by atoms with Crippen molar-refractivity contribution in [1.29, 1.82) is 0 Å². The largest absolute Gasteiger partial charge is 0.479 e. The Hall–Kier alpha value is -5.76. The van der Waals surface area contributed by atoms with Gasteiger partial charge in [-0.3, -0.25) is 19.2 Å². The molecule has 0 bridgehead atoms. The lowest BCUT2D eigenvalue weighted by Gasteiger charge is -2.19. The maximum absolute atomic E-state index is 13.0. The summed E-state index contributed by atoms with van der Waals surface area (Å²) in [5.74, 6) is -3.90. The molecule has 1 saturated carbocycles. The van der Waals surface area contributed by atoms with Gasteiger partial charge in [0.05, 0.1) is 13.1 Å². The van der Waals surface area contributed by atoms with E-state index in [1.165, 1.54) is 0 Å². The van der Waals surface area contributed by atoms with Gasteiger partial charge in [-0.25, -0.2) is 9.59 Å². The molecule has 2 aliphatic carbocycles. The molecule has 14 heteroatoms. The topological polar surface area (TPSA) is 201 Å². The number of carboxylic acids is 1. The van der Waals surface area contributed by atoms with E-state index in [1.807, 2.05) is 48.5 Å². The van der Waals surface area contributed by atoms with Crippen molar-refractivity contribution in [3.8, 4) is 11.1 Å². The molecule has 3 aromatic rings. The summed E-state index contributed by atoms with van der Waals surface area (Å²) in [6.07, 6.45) is -0.192. The fraction of sp³-hybridized carbons (Fsp3) is 0.333. The van der Waals surface area contributed by atoms with Gasteiger partial charge in [0.15, 0.2) is 6.10 Å². The van der Waals surface area contributed by atoms with Crippen LogP contribution in [-0.4, -0.2) is 85.9 Å². The molecule has 0 saturated heterocycles. The van der Waals surface area contributed by atoms with Crippen molar-refractivity contribution in [3.63, 3.8) is 0 Å². The van der Waals surface area contributed by atoms with Gasteiger partial charge in [-0.2, -0.15) is 0 Å². The highest BCUT2D eigenvalue weighted by Crippen LogP contribution is 2.44. The van der Waals surface area contributed by atoms with Crippen LogP contribution in [0.3, 0.4) is 0 Å². The third-order valence-corrected chi connectivity index (χ3v) is 8.37. The third-order valence-electron chi connectivity index (χ3n) is 8.37. The average molecular weight is 686 g/mol. The highest BCUT2D eigenvalue weighted by molar-refractivity contribution is 5.92. The van der Waals surface area contributed by atoms with E-state index >= 15 is 0 Å². The number of rotatable bonds is 17. The molecule has 0 unspecified atom stereocenters. The first-order chi connectivity index (χ1) is 24.2. The standard InChI is InChI=1S/C36H39N5O9/c42-30(18-39-36(48)49-20-28-26-12-6-4-10-24(26)25-11-5-7-13-27(25)28)37-19-32(44)41-29(16-22-8-2-1-3-9-22)34(45)38-17-31(43)40-21-50-33(35(46)47)23-14-15-23/h1-13,23,28-29,33H,14-21H2,(H,37,42)(H,38,45)(H,39,48)(H,40,43)(H,41,44)(H,46,47)/t29-,33-/m0/s1. The molecule has 50 heavy (non-hydrogen) atoms. The van der Waals surface area contributed by atoms with Crippen LogP contribution in [0.25, 0.3) is 11.1 Å². The number of fused-ring (bicyclic) bond motifs is 3. The number of nitrogens with one attached hydrogen (secondary N) is 5. The zero-order valence-electron chi connectivity index (χ0n) is 27.2. The number of alkyl carbamates (subject to hydrolysis) is 1. The Bertz CT molecular complexity index is 1670. The predicted molar refractivity (Wildman–Crippen MR) is 179 cm³/mol. The van der Waals surface area contributed by atoms with Crippen LogP contribution < -0.4 is 26.6 Å². The van der Waals surface area contributed by atoms with Gasteiger partial charge in [0.25, 0.3) is 0 Å². The second-order valence-corrected chi connectivity index (χ2v) is 12.0. The van der Waals surface area contributed by atoms with Crippen LogP contribution in [0, 0.1) is 5.92 Å². The smallest absolute Gasteiger partial charge is 0.407 e. The Labute approximate surface area is 288 Å². The van der Waals surface area contributed by atoms with Crippen LogP contribution in [0.5, 0.6) is 0 Å². The number of hydrogen-bond acceptors (Lipinski definition) is 8. The zero-order chi connectivity index (χ0) is 35.5. The van der Waals surface area contributed by atoms with Crippen LogP contribution in [0.1, 0.15) is 35.4 Å². The van der Waals surface area contributed by atoms with Gasteiger partial charge in [-0.15, -0.1) is 0 Å². The fourth-order valence-corrected chi connectivity index (χ4v) is 5.72. The Morgan fingerprint density at radius 3 is 1.92 bits per heavy atom. The van der Waals surface area contributed by atoms with Crippen molar-refractivity contribution in [2.24, 2.45) is 5.92 Å². The van der Waals surface area contributed by atoms with E-state index in [0.717, 1.165) is 40.7 Å². The van der Waals surface area contributed by atoms with Gasteiger partial charge in [0.1, 0.15) is 25.9 Å². The normalized spacial score (nSPS) is 14.2. The number of carbonyl (C=O) groups excluding carboxylic acids is 5. The molecule has 0 aliphatic heterocycles. The van der Waals surface area contributed by atoms with Crippen molar-refractivity contribution < 1.29 is 43.3 Å². The number of amides is 5. The first kappa shape index (κ1) is 35.5. The molecule has 262 valence electrons. The maximum atomic E-state index is 13.0. The number of aliphatic carboxylic acids is 1. The number of hydrogen-bond donors (Lipinski definition) is 6. The van der Waals surface area contributed by atoms with E-state index in [4.69, 9.17) is 9.47 Å². The Morgan fingerprint density at radius 2 is 1.28 bits per heavy atom. The first-order valence-electron chi connectivity index (χ1n) is 16.3. The summed E-state index contributed by atoms with van der Waals surface area (Å²) >= 11 is 0. The molecule has 1 fully saturated rings. The minimum atomic E-state index is -1.10. The fourth-order valence-electron chi connectivity index (χ4n) is 5.72. The van der Waals surface area contributed by atoms with Crippen LogP contribution >= 0.6 is 0 Å². The molecule has 2 aliphatic rings. The van der Waals surface area contributed by atoms with E-state index in [0.29, 0.717) is 0 Å². The Morgan fingerprint density at radius 1 is 0.700 bits per heavy atom. The second kappa shape index (κ2) is 17.1. The van der Waals surface area contributed by atoms with Gasteiger partial charge >= 0.3 is 12.1 Å².